The lowest BCUT2D eigenvalue weighted by atomic mass is 9.81. The van der Waals surface area contributed by atoms with Gasteiger partial charge in [-0.25, -0.2) is 0 Å². The number of ketones is 2. The molecular formula is C16H12O6. The molecular weight excluding hydrogens is 288 g/mol. The molecule has 6 heteroatoms. The molecule has 22 heavy (non-hydrogen) atoms. The largest absolute Gasteiger partial charge is 0.508 e. The molecule has 0 atom stereocenters. The van der Waals surface area contributed by atoms with Gasteiger partial charge in [-0.05, 0) is 25.1 Å². The quantitative estimate of drug-likeness (QED) is 0.634. The van der Waals surface area contributed by atoms with E-state index in [2.05, 4.69) is 0 Å². The number of hydrogen-bond acceptors (Lipinski definition) is 6. The van der Waals surface area contributed by atoms with E-state index in [0.29, 0.717) is 0 Å². The van der Waals surface area contributed by atoms with Crippen molar-refractivity contribution in [3.63, 3.8) is 0 Å². The van der Waals surface area contributed by atoms with E-state index >= 15 is 0 Å². The Kier molecular flexibility index (Phi) is 2.84. The Morgan fingerprint density at radius 1 is 0.909 bits per heavy atom. The van der Waals surface area contributed by atoms with Crippen LogP contribution in [0.25, 0.3) is 0 Å². The van der Waals surface area contributed by atoms with Gasteiger partial charge in [-0.15, -0.1) is 0 Å². The van der Waals surface area contributed by atoms with E-state index in [1.165, 1.54) is 26.2 Å². The van der Waals surface area contributed by atoms with Crippen molar-refractivity contribution in [1.29, 1.82) is 0 Å². The molecule has 0 aliphatic heterocycles. The van der Waals surface area contributed by atoms with Crippen LogP contribution in [0.4, 0.5) is 0 Å². The van der Waals surface area contributed by atoms with E-state index < -0.39 is 17.3 Å². The average molecular weight is 300 g/mol. The number of carbonyl (C=O) groups excluding carboxylic acids is 2. The van der Waals surface area contributed by atoms with Crippen LogP contribution >= 0.6 is 0 Å². The molecule has 0 unspecified atom stereocenters. The van der Waals surface area contributed by atoms with Crippen LogP contribution in [-0.2, 0) is 0 Å². The van der Waals surface area contributed by atoms with Crippen molar-refractivity contribution in [3.8, 4) is 23.0 Å². The average Bonchev–Trinajstić information content (AvgIpc) is 2.49. The number of benzene rings is 2. The van der Waals surface area contributed by atoms with E-state index in [1.807, 2.05) is 0 Å². The lowest BCUT2D eigenvalue weighted by Crippen LogP contribution is -2.22. The number of phenols is 3. The molecule has 2 aromatic rings. The number of methoxy groups -OCH3 is 1. The van der Waals surface area contributed by atoms with Crippen molar-refractivity contribution >= 4 is 11.6 Å². The number of ether oxygens (including phenoxy) is 1. The molecule has 0 bridgehead atoms. The second kappa shape index (κ2) is 4.49. The van der Waals surface area contributed by atoms with Crippen molar-refractivity contribution in [2.75, 3.05) is 7.11 Å². The first-order valence-electron chi connectivity index (χ1n) is 6.43. The number of fused-ring (bicyclic) bond motifs is 2. The molecule has 0 amide bonds. The maximum atomic E-state index is 12.6. The van der Waals surface area contributed by atoms with Crippen LogP contribution in [0.5, 0.6) is 23.0 Å². The summed E-state index contributed by atoms with van der Waals surface area (Å²) in [6.45, 7) is 1.42. The predicted molar refractivity (Wildman–Crippen MR) is 76.0 cm³/mol. The Balaban J connectivity index is 2.43. The van der Waals surface area contributed by atoms with Crippen molar-refractivity contribution < 1.29 is 29.6 Å². The molecule has 0 radical (unpaired) electrons. The SMILES string of the molecule is COc1ccc(O)c2c1C(=O)c1cc(O)c(C)c(O)c1C2=O. The topological polar surface area (TPSA) is 104 Å². The summed E-state index contributed by atoms with van der Waals surface area (Å²) in [6, 6.07) is 3.76. The normalized spacial score (nSPS) is 12.8. The molecule has 0 fully saturated rings. The van der Waals surface area contributed by atoms with Crippen molar-refractivity contribution in [3.05, 3.63) is 46.0 Å². The molecule has 0 heterocycles. The van der Waals surface area contributed by atoms with Gasteiger partial charge in [-0.1, -0.05) is 0 Å². The number of rotatable bonds is 1. The fourth-order valence-electron chi connectivity index (χ4n) is 2.62. The molecule has 112 valence electrons. The Hall–Kier alpha value is -3.02. The van der Waals surface area contributed by atoms with Gasteiger partial charge in [-0.2, -0.15) is 0 Å². The summed E-state index contributed by atoms with van der Waals surface area (Å²) < 4.78 is 5.08. The van der Waals surface area contributed by atoms with Crippen molar-refractivity contribution in [1.82, 2.24) is 0 Å². The van der Waals surface area contributed by atoms with Gasteiger partial charge in [0.15, 0.2) is 5.78 Å². The van der Waals surface area contributed by atoms with Gasteiger partial charge in [0.1, 0.15) is 23.0 Å². The Morgan fingerprint density at radius 3 is 2.23 bits per heavy atom. The standard InChI is InChI=1S/C16H12O6/c1-6-9(18)5-7-11(14(6)19)16(21)12-8(17)3-4-10(22-2)13(12)15(7)20/h3-5,17-19H,1-2H3. The highest BCUT2D eigenvalue weighted by atomic mass is 16.5. The van der Waals surface area contributed by atoms with Crippen LogP contribution in [-0.4, -0.2) is 34.0 Å². The predicted octanol–water partition coefficient (Wildman–Crippen LogP) is 1.90. The zero-order valence-electron chi connectivity index (χ0n) is 11.8. The minimum atomic E-state index is -0.693. The zero-order chi connectivity index (χ0) is 16.2. The van der Waals surface area contributed by atoms with E-state index in [-0.39, 0.29) is 45.1 Å². The highest BCUT2D eigenvalue weighted by Gasteiger charge is 2.37. The van der Waals surface area contributed by atoms with Crippen LogP contribution < -0.4 is 4.74 Å². The molecule has 0 saturated heterocycles. The van der Waals surface area contributed by atoms with Gasteiger partial charge in [0.2, 0.25) is 5.78 Å². The van der Waals surface area contributed by atoms with E-state index in [9.17, 15) is 24.9 Å². The lowest BCUT2D eigenvalue weighted by molar-refractivity contribution is 0.0971. The summed E-state index contributed by atoms with van der Waals surface area (Å²) in [5.74, 6) is -2.30. The smallest absolute Gasteiger partial charge is 0.202 e. The first-order chi connectivity index (χ1) is 10.4. The van der Waals surface area contributed by atoms with Gasteiger partial charge in [-0.3, -0.25) is 9.59 Å². The maximum Gasteiger partial charge on any atom is 0.202 e. The van der Waals surface area contributed by atoms with Gasteiger partial charge in [0, 0.05) is 11.1 Å². The number of phenolic OH excluding ortho intramolecular Hbond substituents is 3. The van der Waals surface area contributed by atoms with Crippen molar-refractivity contribution in [2.24, 2.45) is 0 Å². The summed E-state index contributed by atoms with van der Waals surface area (Å²) in [5, 5.41) is 29.8. The Labute approximate surface area is 125 Å². The summed E-state index contributed by atoms with van der Waals surface area (Å²) in [5.41, 5.74) is -0.552. The minimum absolute atomic E-state index is 0.0809. The molecule has 1 aliphatic carbocycles. The van der Waals surface area contributed by atoms with Crippen LogP contribution in [0.15, 0.2) is 18.2 Å². The van der Waals surface area contributed by atoms with Crippen LogP contribution in [0, 0.1) is 6.92 Å². The summed E-state index contributed by atoms with van der Waals surface area (Å²) in [7, 11) is 1.34. The summed E-state index contributed by atoms with van der Waals surface area (Å²) in [6.07, 6.45) is 0. The van der Waals surface area contributed by atoms with Gasteiger partial charge < -0.3 is 20.1 Å². The fraction of sp³-hybridized carbons (Fsp3) is 0.125. The summed E-state index contributed by atoms with van der Waals surface area (Å²) in [4.78, 5) is 25.3. The molecule has 1 aliphatic rings. The first-order valence-corrected chi connectivity index (χ1v) is 6.43. The maximum absolute atomic E-state index is 12.6. The third kappa shape index (κ3) is 1.60. The van der Waals surface area contributed by atoms with E-state index in [4.69, 9.17) is 4.74 Å². The fourth-order valence-corrected chi connectivity index (χ4v) is 2.62. The molecule has 0 aromatic heterocycles. The van der Waals surface area contributed by atoms with E-state index in [1.54, 1.807) is 0 Å². The third-order valence-corrected chi connectivity index (χ3v) is 3.82. The van der Waals surface area contributed by atoms with Gasteiger partial charge in [0.25, 0.3) is 0 Å². The third-order valence-electron chi connectivity index (χ3n) is 3.82. The molecule has 0 spiro atoms. The van der Waals surface area contributed by atoms with Gasteiger partial charge in [0.05, 0.1) is 23.8 Å². The Bertz CT molecular complexity index is 850. The number of aromatic hydroxyl groups is 3. The number of hydrogen-bond donors (Lipinski definition) is 3. The molecule has 3 rings (SSSR count). The highest BCUT2D eigenvalue weighted by molar-refractivity contribution is 6.31. The monoisotopic (exact) mass is 300 g/mol. The number of carbonyl (C=O) groups is 2. The van der Waals surface area contributed by atoms with Crippen LogP contribution in [0.3, 0.4) is 0 Å². The molecule has 6 nitrogen and oxygen atoms in total. The van der Waals surface area contributed by atoms with Crippen LogP contribution in [0.1, 0.15) is 37.4 Å². The van der Waals surface area contributed by atoms with Crippen LogP contribution in [0.2, 0.25) is 0 Å². The van der Waals surface area contributed by atoms with Crippen molar-refractivity contribution in [2.45, 2.75) is 6.92 Å². The van der Waals surface area contributed by atoms with E-state index in [0.717, 1.165) is 6.07 Å². The minimum Gasteiger partial charge on any atom is -0.508 e. The Morgan fingerprint density at radius 2 is 1.59 bits per heavy atom. The second-order valence-corrected chi connectivity index (χ2v) is 4.99. The summed E-state index contributed by atoms with van der Waals surface area (Å²) >= 11 is 0. The van der Waals surface area contributed by atoms with Gasteiger partial charge >= 0.3 is 0 Å². The highest BCUT2D eigenvalue weighted by Crippen LogP contribution is 2.43. The first kappa shape index (κ1) is 13.9. The molecule has 3 N–H and O–H groups in total. The molecule has 0 saturated carbocycles. The second-order valence-electron chi connectivity index (χ2n) is 4.99. The molecule has 2 aromatic carbocycles. The zero-order valence-corrected chi connectivity index (χ0v) is 11.8. The lowest BCUT2D eigenvalue weighted by Gasteiger charge is -2.22.